The van der Waals surface area contributed by atoms with Crippen LogP contribution in [0.3, 0.4) is 0 Å². The van der Waals surface area contributed by atoms with Gasteiger partial charge in [-0.25, -0.2) is 14.3 Å². The minimum absolute atomic E-state index is 0.0414. The lowest BCUT2D eigenvalue weighted by Crippen LogP contribution is -2.24. The summed E-state index contributed by atoms with van der Waals surface area (Å²) in [5.74, 6) is 0. The molecule has 3 rings (SSSR count). The Morgan fingerprint density at radius 2 is 2.09 bits per heavy atom. The molecule has 1 aliphatic rings. The fourth-order valence-electron chi connectivity index (χ4n) is 2.08. The summed E-state index contributed by atoms with van der Waals surface area (Å²) in [4.78, 5) is 13.5. The lowest BCUT2D eigenvalue weighted by Gasteiger charge is -2.28. The number of rotatable bonds is 1. The van der Waals surface area contributed by atoms with Gasteiger partial charge >= 0.3 is 12.3 Å². The van der Waals surface area contributed by atoms with Gasteiger partial charge in [-0.1, -0.05) is 0 Å². The summed E-state index contributed by atoms with van der Waals surface area (Å²) >= 11 is 0. The highest BCUT2D eigenvalue weighted by molar-refractivity contribution is 5.67. The molecule has 2 heterocycles. The van der Waals surface area contributed by atoms with E-state index in [1.54, 1.807) is 0 Å². The maximum atomic E-state index is 12.6. The molecule has 0 aliphatic heterocycles. The molecule has 0 unspecified atom stereocenters. The zero-order valence-corrected chi connectivity index (χ0v) is 11.8. The van der Waals surface area contributed by atoms with E-state index in [9.17, 15) is 18.0 Å². The van der Waals surface area contributed by atoms with Gasteiger partial charge in [0.1, 0.15) is 12.0 Å². The predicted octanol–water partition coefficient (Wildman–Crippen LogP) is 3.34. The van der Waals surface area contributed by atoms with Crippen LogP contribution in [0.2, 0.25) is 0 Å². The number of alkyl halides is 3. The Morgan fingerprint density at radius 1 is 1.41 bits per heavy atom. The molecule has 2 aromatic rings. The van der Waals surface area contributed by atoms with E-state index in [0.29, 0.717) is 0 Å². The van der Waals surface area contributed by atoms with Gasteiger partial charge < -0.3 is 5.11 Å². The normalized spacial score (nSPS) is 14.9. The second-order valence-electron chi connectivity index (χ2n) is 4.96. The average Bonchev–Trinajstić information content (AvgIpc) is 2.96. The summed E-state index contributed by atoms with van der Waals surface area (Å²) in [5.41, 5.74) is -0.369. The predicted molar refractivity (Wildman–Crippen MR) is 70.5 cm³/mol. The Kier molecular flexibility index (Phi) is 4.53. The molecule has 1 fully saturated rings. The van der Waals surface area contributed by atoms with Crippen molar-refractivity contribution in [3.05, 3.63) is 36.2 Å². The quantitative estimate of drug-likeness (QED) is 0.875. The van der Waals surface area contributed by atoms with Gasteiger partial charge in [-0.2, -0.15) is 18.3 Å². The molecule has 120 valence electrons. The molecular weight excluding hydrogens is 301 g/mol. The molecule has 0 aromatic carbocycles. The van der Waals surface area contributed by atoms with Crippen molar-refractivity contribution in [2.75, 3.05) is 0 Å². The highest BCUT2D eigenvalue weighted by Gasteiger charge is 2.39. The first-order chi connectivity index (χ1) is 10.3. The fraction of sp³-hybridized carbons (Fsp3) is 0.462. The van der Waals surface area contributed by atoms with Crippen molar-refractivity contribution in [3.8, 4) is 0 Å². The molecule has 22 heavy (non-hydrogen) atoms. The highest BCUT2D eigenvalue weighted by atomic mass is 19.4. The molecule has 1 aliphatic carbocycles. The largest absolute Gasteiger partial charge is 0.464 e. The van der Waals surface area contributed by atoms with Crippen LogP contribution in [0, 0.1) is 6.92 Å². The third-order valence-corrected chi connectivity index (χ3v) is 3.39. The van der Waals surface area contributed by atoms with Gasteiger partial charge in [0.15, 0.2) is 0 Å². The Bertz CT molecular complexity index is 630. The van der Waals surface area contributed by atoms with E-state index in [2.05, 4.69) is 10.1 Å². The average molecular weight is 316 g/mol. The van der Waals surface area contributed by atoms with Crippen molar-refractivity contribution < 1.29 is 23.1 Å². The Labute approximate surface area is 124 Å². The molecule has 0 atom stereocenters. The minimum atomic E-state index is -4.28. The van der Waals surface area contributed by atoms with Crippen molar-refractivity contribution in [2.45, 2.75) is 38.4 Å². The van der Waals surface area contributed by atoms with Gasteiger partial charge in [0.2, 0.25) is 0 Å². The maximum Gasteiger partial charge on any atom is 0.433 e. The smallest absolute Gasteiger partial charge is 0.433 e. The SMILES string of the molecule is Cc1cnn(C2CCC2)c1C(F)(F)F.O=C(O)n1ccnc1. The van der Waals surface area contributed by atoms with Crippen LogP contribution in [0.15, 0.2) is 24.9 Å². The number of hydrogen-bond donors (Lipinski definition) is 1. The number of hydrogen-bond acceptors (Lipinski definition) is 3. The van der Waals surface area contributed by atoms with Crippen LogP contribution in [0.4, 0.5) is 18.0 Å². The number of imidazole rings is 1. The zero-order chi connectivity index (χ0) is 16.3. The summed E-state index contributed by atoms with van der Waals surface area (Å²) in [5, 5.41) is 12.0. The molecule has 0 radical (unpaired) electrons. The first-order valence-corrected chi connectivity index (χ1v) is 6.63. The molecule has 0 bridgehead atoms. The van der Waals surface area contributed by atoms with E-state index in [1.165, 1.54) is 31.8 Å². The summed E-state index contributed by atoms with van der Waals surface area (Å²) < 4.78 is 39.9. The van der Waals surface area contributed by atoms with Crippen molar-refractivity contribution in [3.63, 3.8) is 0 Å². The van der Waals surface area contributed by atoms with E-state index >= 15 is 0 Å². The first-order valence-electron chi connectivity index (χ1n) is 6.63. The van der Waals surface area contributed by atoms with E-state index in [-0.39, 0.29) is 11.6 Å². The van der Waals surface area contributed by atoms with Crippen LogP contribution in [0.1, 0.15) is 36.6 Å². The van der Waals surface area contributed by atoms with Crippen molar-refractivity contribution >= 4 is 6.09 Å². The van der Waals surface area contributed by atoms with Crippen molar-refractivity contribution in [1.82, 2.24) is 19.3 Å². The van der Waals surface area contributed by atoms with E-state index in [4.69, 9.17) is 5.11 Å². The van der Waals surface area contributed by atoms with Crippen LogP contribution in [-0.4, -0.2) is 30.5 Å². The van der Waals surface area contributed by atoms with Crippen LogP contribution in [0.25, 0.3) is 0 Å². The second-order valence-corrected chi connectivity index (χ2v) is 4.96. The number of carbonyl (C=O) groups is 1. The summed E-state index contributed by atoms with van der Waals surface area (Å²) in [6.45, 7) is 1.45. The molecule has 1 N–H and O–H groups in total. The molecule has 9 heteroatoms. The molecule has 0 saturated heterocycles. The molecule has 0 amide bonds. The summed E-state index contributed by atoms with van der Waals surface area (Å²) in [7, 11) is 0. The van der Waals surface area contributed by atoms with Crippen LogP contribution >= 0.6 is 0 Å². The number of aryl methyl sites for hydroxylation is 1. The number of carboxylic acid groups (broad SMARTS) is 1. The van der Waals surface area contributed by atoms with Crippen LogP contribution < -0.4 is 0 Å². The van der Waals surface area contributed by atoms with Crippen LogP contribution in [0.5, 0.6) is 0 Å². The van der Waals surface area contributed by atoms with Gasteiger partial charge in [0, 0.05) is 12.4 Å². The first kappa shape index (κ1) is 16.1. The van der Waals surface area contributed by atoms with E-state index in [0.717, 1.165) is 28.5 Å². The lowest BCUT2D eigenvalue weighted by atomic mass is 9.93. The van der Waals surface area contributed by atoms with E-state index in [1.807, 2.05) is 0 Å². The van der Waals surface area contributed by atoms with Gasteiger partial charge in [0.05, 0.1) is 12.2 Å². The van der Waals surface area contributed by atoms with Crippen molar-refractivity contribution in [2.24, 2.45) is 0 Å². The monoisotopic (exact) mass is 316 g/mol. The molecular formula is C13H15F3N4O2. The van der Waals surface area contributed by atoms with E-state index < -0.39 is 18.0 Å². The zero-order valence-electron chi connectivity index (χ0n) is 11.8. The summed E-state index contributed by atoms with van der Waals surface area (Å²) in [6.07, 6.45) is 2.62. The second kappa shape index (κ2) is 6.20. The third kappa shape index (κ3) is 3.46. The third-order valence-electron chi connectivity index (χ3n) is 3.39. The van der Waals surface area contributed by atoms with Gasteiger partial charge in [-0.05, 0) is 31.7 Å². The number of halogens is 3. The van der Waals surface area contributed by atoms with Gasteiger partial charge in [-0.15, -0.1) is 0 Å². The highest BCUT2D eigenvalue weighted by Crippen LogP contribution is 2.38. The summed E-state index contributed by atoms with van der Waals surface area (Å²) in [6, 6.07) is -0.0414. The Hall–Kier alpha value is -2.32. The maximum absolute atomic E-state index is 12.6. The van der Waals surface area contributed by atoms with Gasteiger partial charge in [0.25, 0.3) is 0 Å². The molecule has 2 aromatic heterocycles. The fourth-order valence-corrected chi connectivity index (χ4v) is 2.08. The molecule has 1 saturated carbocycles. The number of nitrogens with zero attached hydrogens (tertiary/aromatic N) is 4. The minimum Gasteiger partial charge on any atom is -0.464 e. The Balaban J connectivity index is 0.000000188. The molecule has 6 nitrogen and oxygen atoms in total. The number of aromatic nitrogens is 4. The lowest BCUT2D eigenvalue weighted by molar-refractivity contribution is -0.146. The Morgan fingerprint density at radius 3 is 2.45 bits per heavy atom. The van der Waals surface area contributed by atoms with Gasteiger partial charge in [-0.3, -0.25) is 4.68 Å². The van der Waals surface area contributed by atoms with Crippen LogP contribution in [-0.2, 0) is 6.18 Å². The van der Waals surface area contributed by atoms with Crippen molar-refractivity contribution in [1.29, 1.82) is 0 Å². The molecule has 0 spiro atoms. The standard InChI is InChI=1S/C9H11F3N2.C4H4N2O2/c1-6-5-13-14(7-3-2-4-7)8(6)9(10,11)12;7-4(8)6-2-1-5-3-6/h5,7H,2-4H2,1H3;1-3H,(H,7,8). The topological polar surface area (TPSA) is 72.9 Å².